The summed E-state index contributed by atoms with van der Waals surface area (Å²) in [6, 6.07) is 8.76. The molecule has 0 radical (unpaired) electrons. The third-order valence-electron chi connectivity index (χ3n) is 3.34. The van der Waals surface area contributed by atoms with Crippen molar-refractivity contribution in [3.05, 3.63) is 62.2 Å². The molecule has 1 amide bonds. The lowest BCUT2D eigenvalue weighted by Gasteiger charge is -2.08. The fourth-order valence-corrected chi connectivity index (χ4v) is 3.93. The van der Waals surface area contributed by atoms with Gasteiger partial charge in [-0.25, -0.2) is 9.18 Å². The van der Waals surface area contributed by atoms with Crippen LogP contribution in [-0.2, 0) is 9.53 Å². The van der Waals surface area contributed by atoms with E-state index in [1.165, 1.54) is 18.2 Å². The van der Waals surface area contributed by atoms with Crippen LogP contribution in [0, 0.1) is 5.82 Å². The maximum absolute atomic E-state index is 13.3. The van der Waals surface area contributed by atoms with Gasteiger partial charge in [-0.05, 0) is 30.3 Å². The number of hydrogen-bond acceptors (Lipinski definition) is 4. The van der Waals surface area contributed by atoms with Crippen molar-refractivity contribution >= 4 is 73.8 Å². The number of benzene rings is 2. The standard InChI is InChI=1S/C17H9Cl3FNO3S/c18-10-2-1-3-11(15(10)20)22-13(23)7-25-17(24)16-14(19)9-5-4-8(21)6-12(9)26-16/h1-6H,7H2,(H,22,23). The highest BCUT2D eigenvalue weighted by molar-refractivity contribution is 7.21. The Bertz CT molecular complexity index is 1020. The van der Waals surface area contributed by atoms with E-state index in [9.17, 15) is 14.0 Å². The Balaban J connectivity index is 1.68. The van der Waals surface area contributed by atoms with Crippen molar-refractivity contribution in [1.29, 1.82) is 0 Å². The molecular weight excluding hydrogens is 424 g/mol. The second kappa shape index (κ2) is 7.80. The number of rotatable bonds is 4. The summed E-state index contributed by atoms with van der Waals surface area (Å²) in [5, 5.41) is 3.66. The molecule has 0 aliphatic heterocycles. The quantitative estimate of drug-likeness (QED) is 0.530. The third kappa shape index (κ3) is 3.94. The summed E-state index contributed by atoms with van der Waals surface area (Å²) in [7, 11) is 0. The molecule has 26 heavy (non-hydrogen) atoms. The summed E-state index contributed by atoms with van der Waals surface area (Å²) in [4.78, 5) is 24.2. The maximum Gasteiger partial charge on any atom is 0.350 e. The van der Waals surface area contributed by atoms with E-state index in [2.05, 4.69) is 5.32 Å². The topological polar surface area (TPSA) is 55.4 Å². The Hall–Kier alpha value is -1.86. The lowest BCUT2D eigenvalue weighted by molar-refractivity contribution is -0.119. The Labute approximate surface area is 166 Å². The van der Waals surface area contributed by atoms with Crippen molar-refractivity contribution in [1.82, 2.24) is 0 Å². The fraction of sp³-hybridized carbons (Fsp3) is 0.0588. The molecule has 0 saturated carbocycles. The average molecular weight is 433 g/mol. The SMILES string of the molecule is O=C(COC(=O)c1sc2cc(F)ccc2c1Cl)Nc1cccc(Cl)c1Cl. The number of nitrogens with one attached hydrogen (secondary N) is 1. The predicted molar refractivity (Wildman–Crippen MR) is 102 cm³/mol. The average Bonchev–Trinajstić information content (AvgIpc) is 2.93. The molecule has 0 aliphatic rings. The zero-order valence-electron chi connectivity index (χ0n) is 12.8. The van der Waals surface area contributed by atoms with Gasteiger partial charge in [-0.3, -0.25) is 4.79 Å². The highest BCUT2D eigenvalue weighted by Crippen LogP contribution is 2.36. The van der Waals surface area contributed by atoms with E-state index in [0.29, 0.717) is 15.8 Å². The molecule has 0 saturated heterocycles. The molecule has 0 aliphatic carbocycles. The van der Waals surface area contributed by atoms with E-state index in [4.69, 9.17) is 39.5 Å². The first-order chi connectivity index (χ1) is 12.4. The first kappa shape index (κ1) is 18.9. The number of anilines is 1. The van der Waals surface area contributed by atoms with Crippen LogP contribution < -0.4 is 5.32 Å². The largest absolute Gasteiger partial charge is 0.451 e. The highest BCUT2D eigenvalue weighted by Gasteiger charge is 2.20. The smallest absolute Gasteiger partial charge is 0.350 e. The van der Waals surface area contributed by atoms with Crippen LogP contribution in [0.4, 0.5) is 10.1 Å². The molecule has 3 rings (SSSR count). The van der Waals surface area contributed by atoms with E-state index < -0.39 is 24.3 Å². The summed E-state index contributed by atoms with van der Waals surface area (Å²) in [5.41, 5.74) is 0.301. The van der Waals surface area contributed by atoms with Crippen LogP contribution in [0.2, 0.25) is 15.1 Å². The molecule has 134 valence electrons. The molecular formula is C17H9Cl3FNO3S. The number of thiophene rings is 1. The van der Waals surface area contributed by atoms with Gasteiger partial charge in [0.05, 0.1) is 20.8 Å². The van der Waals surface area contributed by atoms with Crippen LogP contribution in [0.3, 0.4) is 0 Å². The summed E-state index contributed by atoms with van der Waals surface area (Å²) < 4.78 is 18.8. The van der Waals surface area contributed by atoms with Crippen molar-refractivity contribution in [2.45, 2.75) is 0 Å². The van der Waals surface area contributed by atoms with Gasteiger partial charge in [0.15, 0.2) is 6.61 Å². The number of ether oxygens (including phenoxy) is 1. The van der Waals surface area contributed by atoms with E-state index in [1.54, 1.807) is 18.2 Å². The molecule has 0 bridgehead atoms. The summed E-state index contributed by atoms with van der Waals surface area (Å²) in [5.74, 6) is -1.80. The van der Waals surface area contributed by atoms with Crippen molar-refractivity contribution in [2.75, 3.05) is 11.9 Å². The zero-order valence-corrected chi connectivity index (χ0v) is 15.9. The molecule has 9 heteroatoms. The minimum atomic E-state index is -0.774. The minimum Gasteiger partial charge on any atom is -0.451 e. The normalized spacial score (nSPS) is 10.8. The van der Waals surface area contributed by atoms with Gasteiger partial charge in [0, 0.05) is 10.1 Å². The van der Waals surface area contributed by atoms with E-state index in [-0.39, 0.29) is 19.9 Å². The van der Waals surface area contributed by atoms with Gasteiger partial charge >= 0.3 is 5.97 Å². The Morgan fingerprint density at radius 3 is 2.65 bits per heavy atom. The first-order valence-corrected chi connectivity index (χ1v) is 9.10. The number of carbonyl (C=O) groups is 2. The van der Waals surface area contributed by atoms with Gasteiger partial charge in [0.2, 0.25) is 0 Å². The fourth-order valence-electron chi connectivity index (χ4n) is 2.15. The predicted octanol–water partition coefficient (Wildman–Crippen LogP) is 5.80. The lowest BCUT2D eigenvalue weighted by atomic mass is 10.2. The zero-order chi connectivity index (χ0) is 18.8. The number of hydrogen-bond donors (Lipinski definition) is 1. The summed E-state index contributed by atoms with van der Waals surface area (Å²) >= 11 is 19.0. The van der Waals surface area contributed by atoms with Crippen LogP contribution >= 0.6 is 46.1 Å². The van der Waals surface area contributed by atoms with Gasteiger partial charge in [-0.2, -0.15) is 0 Å². The number of fused-ring (bicyclic) bond motifs is 1. The molecule has 0 atom stereocenters. The number of amides is 1. The monoisotopic (exact) mass is 431 g/mol. The van der Waals surface area contributed by atoms with Gasteiger partial charge < -0.3 is 10.1 Å². The molecule has 1 N–H and O–H groups in total. The van der Waals surface area contributed by atoms with Crippen LogP contribution in [0.5, 0.6) is 0 Å². The van der Waals surface area contributed by atoms with Crippen LogP contribution in [0.15, 0.2) is 36.4 Å². The first-order valence-electron chi connectivity index (χ1n) is 7.15. The molecule has 2 aromatic carbocycles. The molecule has 0 fully saturated rings. The molecule has 1 aromatic heterocycles. The van der Waals surface area contributed by atoms with Crippen molar-refractivity contribution in [3.63, 3.8) is 0 Å². The Morgan fingerprint density at radius 2 is 1.88 bits per heavy atom. The van der Waals surface area contributed by atoms with E-state index in [1.807, 2.05) is 0 Å². The van der Waals surface area contributed by atoms with Gasteiger partial charge in [0.1, 0.15) is 10.7 Å². The number of halogens is 4. The maximum atomic E-state index is 13.3. The second-order valence-corrected chi connectivity index (χ2v) is 7.33. The summed E-state index contributed by atoms with van der Waals surface area (Å²) in [6.45, 7) is -0.541. The Morgan fingerprint density at radius 1 is 1.12 bits per heavy atom. The number of carbonyl (C=O) groups excluding carboxylic acids is 2. The molecule has 0 unspecified atom stereocenters. The van der Waals surface area contributed by atoms with Gasteiger partial charge in [-0.15, -0.1) is 11.3 Å². The van der Waals surface area contributed by atoms with Crippen LogP contribution in [0.1, 0.15) is 9.67 Å². The van der Waals surface area contributed by atoms with Gasteiger partial charge in [0.25, 0.3) is 5.91 Å². The Kier molecular flexibility index (Phi) is 5.67. The summed E-state index contributed by atoms with van der Waals surface area (Å²) in [6.07, 6.45) is 0. The third-order valence-corrected chi connectivity index (χ3v) is 5.79. The molecule has 0 spiro atoms. The second-order valence-electron chi connectivity index (χ2n) is 5.11. The van der Waals surface area contributed by atoms with E-state index >= 15 is 0 Å². The van der Waals surface area contributed by atoms with Crippen LogP contribution in [0.25, 0.3) is 10.1 Å². The highest BCUT2D eigenvalue weighted by atomic mass is 35.5. The number of esters is 1. The van der Waals surface area contributed by atoms with Crippen molar-refractivity contribution < 1.29 is 18.7 Å². The molecule has 1 heterocycles. The lowest BCUT2D eigenvalue weighted by Crippen LogP contribution is -2.20. The van der Waals surface area contributed by atoms with Crippen LogP contribution in [-0.4, -0.2) is 18.5 Å². The minimum absolute atomic E-state index is 0.0980. The van der Waals surface area contributed by atoms with Crippen molar-refractivity contribution in [2.24, 2.45) is 0 Å². The van der Waals surface area contributed by atoms with Gasteiger partial charge in [-0.1, -0.05) is 40.9 Å². The van der Waals surface area contributed by atoms with E-state index in [0.717, 1.165) is 11.3 Å². The van der Waals surface area contributed by atoms with Crippen molar-refractivity contribution in [3.8, 4) is 0 Å². The molecule has 4 nitrogen and oxygen atoms in total. The molecule has 3 aromatic rings.